The van der Waals surface area contributed by atoms with Crippen molar-refractivity contribution in [1.82, 2.24) is 10.6 Å². The third-order valence-electron chi connectivity index (χ3n) is 2.59. The molecule has 0 saturated carbocycles. The highest BCUT2D eigenvalue weighted by molar-refractivity contribution is 5.20. The van der Waals surface area contributed by atoms with Crippen LogP contribution in [0.3, 0.4) is 0 Å². The summed E-state index contributed by atoms with van der Waals surface area (Å²) in [6.07, 6.45) is 0. The van der Waals surface area contributed by atoms with Crippen molar-refractivity contribution in [1.29, 1.82) is 0 Å². The van der Waals surface area contributed by atoms with Crippen LogP contribution in [0, 0.1) is 17.5 Å². The lowest BCUT2D eigenvalue weighted by molar-refractivity contribution is 0.429. The molecule has 18 heavy (non-hydrogen) atoms. The summed E-state index contributed by atoms with van der Waals surface area (Å²) in [6.45, 7) is 6.89. The van der Waals surface area contributed by atoms with Gasteiger partial charge in [-0.3, -0.25) is 0 Å². The molecule has 2 nitrogen and oxygen atoms in total. The number of hydrogen-bond donors (Lipinski definition) is 2. The SMILES string of the molecule is CC(C)NCC(C)NCc1ccc(F)c(F)c1F. The molecule has 0 amide bonds. The highest BCUT2D eigenvalue weighted by atomic mass is 19.2. The van der Waals surface area contributed by atoms with E-state index in [0.717, 1.165) is 12.6 Å². The van der Waals surface area contributed by atoms with Gasteiger partial charge in [0.15, 0.2) is 17.5 Å². The smallest absolute Gasteiger partial charge is 0.194 e. The third kappa shape index (κ3) is 4.31. The van der Waals surface area contributed by atoms with Gasteiger partial charge < -0.3 is 10.6 Å². The van der Waals surface area contributed by atoms with E-state index in [1.165, 1.54) is 6.07 Å². The van der Waals surface area contributed by atoms with Crippen molar-refractivity contribution in [3.05, 3.63) is 35.1 Å². The highest BCUT2D eigenvalue weighted by Gasteiger charge is 2.13. The zero-order valence-corrected chi connectivity index (χ0v) is 10.9. The molecule has 2 N–H and O–H groups in total. The topological polar surface area (TPSA) is 24.1 Å². The number of nitrogens with one attached hydrogen (secondary N) is 2. The van der Waals surface area contributed by atoms with Crippen molar-refractivity contribution in [2.45, 2.75) is 39.4 Å². The molecule has 5 heteroatoms. The van der Waals surface area contributed by atoms with Gasteiger partial charge in [-0.15, -0.1) is 0 Å². The fraction of sp³-hybridized carbons (Fsp3) is 0.538. The number of rotatable bonds is 6. The van der Waals surface area contributed by atoms with Gasteiger partial charge in [-0.05, 0) is 13.0 Å². The van der Waals surface area contributed by atoms with E-state index in [0.29, 0.717) is 6.04 Å². The maximum absolute atomic E-state index is 13.4. The standard InChI is InChI=1S/C13H19F3N2/c1-8(2)17-6-9(3)18-7-10-4-5-11(14)13(16)12(10)15/h4-5,8-9,17-18H,6-7H2,1-3H3. The molecule has 0 aliphatic rings. The van der Waals surface area contributed by atoms with Crippen LogP contribution >= 0.6 is 0 Å². The van der Waals surface area contributed by atoms with E-state index in [4.69, 9.17) is 0 Å². The second-order valence-electron chi connectivity index (χ2n) is 4.68. The van der Waals surface area contributed by atoms with Crippen LogP contribution in [0.15, 0.2) is 12.1 Å². The molecule has 1 aromatic carbocycles. The van der Waals surface area contributed by atoms with Gasteiger partial charge in [-0.2, -0.15) is 0 Å². The molecule has 0 aromatic heterocycles. The molecular formula is C13H19F3N2. The van der Waals surface area contributed by atoms with Crippen molar-refractivity contribution >= 4 is 0 Å². The van der Waals surface area contributed by atoms with E-state index < -0.39 is 17.5 Å². The lowest BCUT2D eigenvalue weighted by Gasteiger charge is -2.16. The molecule has 0 aliphatic carbocycles. The Morgan fingerprint density at radius 3 is 2.28 bits per heavy atom. The Morgan fingerprint density at radius 2 is 1.67 bits per heavy atom. The maximum Gasteiger partial charge on any atom is 0.194 e. The summed E-state index contributed by atoms with van der Waals surface area (Å²) in [5.41, 5.74) is 0.130. The first kappa shape index (κ1) is 15.0. The van der Waals surface area contributed by atoms with Crippen molar-refractivity contribution in [2.75, 3.05) is 6.54 Å². The molecule has 0 heterocycles. The number of hydrogen-bond acceptors (Lipinski definition) is 2. The largest absolute Gasteiger partial charge is 0.313 e. The Bertz CT molecular complexity index is 394. The van der Waals surface area contributed by atoms with Crippen LogP contribution in [0.4, 0.5) is 13.2 Å². The van der Waals surface area contributed by atoms with Gasteiger partial charge in [0.05, 0.1) is 0 Å². The molecule has 1 atom stereocenters. The molecular weight excluding hydrogens is 241 g/mol. The first-order valence-corrected chi connectivity index (χ1v) is 6.01. The molecule has 0 saturated heterocycles. The fourth-order valence-corrected chi connectivity index (χ4v) is 1.47. The zero-order valence-electron chi connectivity index (χ0n) is 10.9. The molecule has 1 rings (SSSR count). The average Bonchev–Trinajstić information content (AvgIpc) is 2.32. The van der Waals surface area contributed by atoms with Crippen LogP contribution in [-0.2, 0) is 6.54 Å². The summed E-state index contributed by atoms with van der Waals surface area (Å²) in [4.78, 5) is 0. The van der Waals surface area contributed by atoms with Crippen molar-refractivity contribution in [2.24, 2.45) is 0 Å². The molecule has 0 fully saturated rings. The quantitative estimate of drug-likeness (QED) is 0.768. The third-order valence-corrected chi connectivity index (χ3v) is 2.59. The normalized spacial score (nSPS) is 13.1. The Labute approximate surface area is 106 Å². The van der Waals surface area contributed by atoms with Gasteiger partial charge in [0.25, 0.3) is 0 Å². The average molecular weight is 260 g/mol. The molecule has 102 valence electrons. The van der Waals surface area contributed by atoms with Crippen LogP contribution in [0.1, 0.15) is 26.3 Å². The second-order valence-corrected chi connectivity index (χ2v) is 4.68. The van der Waals surface area contributed by atoms with Crippen LogP contribution in [0.5, 0.6) is 0 Å². The molecule has 1 aromatic rings. The Kier molecular flexibility index (Phi) is 5.62. The van der Waals surface area contributed by atoms with E-state index in [9.17, 15) is 13.2 Å². The van der Waals surface area contributed by atoms with Gasteiger partial charge in [-0.25, -0.2) is 13.2 Å². The monoisotopic (exact) mass is 260 g/mol. The summed E-state index contributed by atoms with van der Waals surface area (Å²) in [7, 11) is 0. The van der Waals surface area contributed by atoms with Gasteiger partial charge >= 0.3 is 0 Å². The van der Waals surface area contributed by atoms with Crippen LogP contribution in [-0.4, -0.2) is 18.6 Å². The zero-order chi connectivity index (χ0) is 13.7. The van der Waals surface area contributed by atoms with E-state index in [1.807, 2.05) is 20.8 Å². The molecule has 0 radical (unpaired) electrons. The van der Waals surface area contributed by atoms with Crippen molar-refractivity contribution < 1.29 is 13.2 Å². The minimum absolute atomic E-state index is 0.111. The van der Waals surface area contributed by atoms with E-state index in [-0.39, 0.29) is 18.2 Å². The molecule has 0 bridgehead atoms. The van der Waals surface area contributed by atoms with Gasteiger partial charge in [0.1, 0.15) is 0 Å². The van der Waals surface area contributed by atoms with E-state index in [2.05, 4.69) is 10.6 Å². The highest BCUT2D eigenvalue weighted by Crippen LogP contribution is 2.14. The van der Waals surface area contributed by atoms with Gasteiger partial charge in [0, 0.05) is 30.7 Å². The van der Waals surface area contributed by atoms with Gasteiger partial charge in [0.2, 0.25) is 0 Å². The van der Waals surface area contributed by atoms with Crippen molar-refractivity contribution in [3.8, 4) is 0 Å². The lowest BCUT2D eigenvalue weighted by Crippen LogP contribution is -2.38. The second kappa shape index (κ2) is 6.75. The minimum Gasteiger partial charge on any atom is -0.313 e. The minimum atomic E-state index is -1.41. The Hall–Kier alpha value is -1.07. The molecule has 0 aliphatic heterocycles. The Morgan fingerprint density at radius 1 is 1.00 bits per heavy atom. The summed E-state index contributed by atoms with van der Waals surface area (Å²) < 4.78 is 39.1. The molecule has 1 unspecified atom stereocenters. The van der Waals surface area contributed by atoms with E-state index >= 15 is 0 Å². The number of halogens is 3. The predicted octanol–water partition coefficient (Wildman–Crippen LogP) is 2.58. The van der Waals surface area contributed by atoms with Crippen LogP contribution in [0.25, 0.3) is 0 Å². The fourth-order valence-electron chi connectivity index (χ4n) is 1.47. The maximum atomic E-state index is 13.4. The lowest BCUT2D eigenvalue weighted by atomic mass is 10.2. The number of benzene rings is 1. The van der Waals surface area contributed by atoms with E-state index in [1.54, 1.807) is 0 Å². The first-order chi connectivity index (χ1) is 8.41. The van der Waals surface area contributed by atoms with Crippen LogP contribution in [0.2, 0.25) is 0 Å². The van der Waals surface area contributed by atoms with Crippen molar-refractivity contribution in [3.63, 3.8) is 0 Å². The molecule has 0 spiro atoms. The summed E-state index contributed by atoms with van der Waals surface area (Å²) in [5, 5.41) is 6.28. The van der Waals surface area contributed by atoms with Crippen LogP contribution < -0.4 is 10.6 Å². The summed E-state index contributed by atoms with van der Waals surface area (Å²) in [6, 6.07) is 2.67. The predicted molar refractivity (Wildman–Crippen MR) is 65.8 cm³/mol. The summed E-state index contributed by atoms with van der Waals surface area (Å²) >= 11 is 0. The summed E-state index contributed by atoms with van der Waals surface area (Å²) in [5.74, 6) is -3.69. The first-order valence-electron chi connectivity index (χ1n) is 6.01. The Balaban J connectivity index is 2.51. The van der Waals surface area contributed by atoms with Gasteiger partial charge in [-0.1, -0.05) is 19.9 Å².